The second kappa shape index (κ2) is 22.5. The Kier molecular flexibility index (Phi) is 18.6. The van der Waals surface area contributed by atoms with Crippen molar-refractivity contribution < 1.29 is 38.1 Å². The lowest BCUT2D eigenvalue weighted by atomic mass is 9.84. The molecule has 2 aliphatic rings. The van der Waals surface area contributed by atoms with Crippen molar-refractivity contribution in [2.75, 3.05) is 14.1 Å². The molecule has 1 N–H and O–H groups in total. The van der Waals surface area contributed by atoms with Gasteiger partial charge >= 0.3 is 11.9 Å². The number of aromatic nitrogens is 4. The van der Waals surface area contributed by atoms with Gasteiger partial charge in [-0.3, -0.25) is 19.2 Å². The number of amides is 2. The van der Waals surface area contributed by atoms with Crippen LogP contribution < -0.4 is 0 Å². The third kappa shape index (κ3) is 17.1. The monoisotopic (exact) mass is 758 g/mol. The molecule has 0 spiro atoms. The normalized spacial score (nSPS) is 16.5. The summed E-state index contributed by atoms with van der Waals surface area (Å²) in [7, 11) is 3.36. The van der Waals surface area contributed by atoms with E-state index >= 15 is 0 Å². The van der Waals surface area contributed by atoms with E-state index < -0.39 is 11.6 Å². The highest BCUT2D eigenvalue weighted by molar-refractivity contribution is 5.73. The van der Waals surface area contributed by atoms with E-state index in [-0.39, 0.29) is 49.0 Å². The standard InChI is InChI=1S/C22H37N3O4.C18H29N3O4/c1-16(26)25(5)15-19-23-21(29-24-19)18(14-20(27)28-22(2,3)4)13-9-12-17-10-7-6-8-11-17;1-13(22)21(2)12-16-19-18(25-20-16)15(11-17(23)24)10-6-9-14-7-4-3-5-8-14/h17-18H,6-15H2,1-5H3;14-15H,3-12H2,1-2H3,(H,23,24)/t18-;15-/m11/s1. The molecular weight excluding hydrogens is 692 g/mol. The zero-order valence-electron chi connectivity index (χ0n) is 33.9. The number of hydrogen-bond acceptors (Lipinski definition) is 11. The summed E-state index contributed by atoms with van der Waals surface area (Å²) < 4.78 is 16.3. The van der Waals surface area contributed by atoms with Crippen LogP contribution in [0.5, 0.6) is 0 Å². The number of nitrogens with zero attached hydrogens (tertiary/aromatic N) is 6. The molecule has 2 heterocycles. The molecular formula is C40H66N6O8. The Morgan fingerprint density at radius 2 is 1.13 bits per heavy atom. The first-order valence-electron chi connectivity index (χ1n) is 20.1. The number of rotatable bonds is 18. The molecule has 4 rings (SSSR count). The van der Waals surface area contributed by atoms with Crippen LogP contribution in [0.2, 0.25) is 0 Å². The minimum atomic E-state index is -0.858. The van der Waals surface area contributed by atoms with Crippen LogP contribution in [-0.2, 0) is 37.0 Å². The van der Waals surface area contributed by atoms with Crippen LogP contribution >= 0.6 is 0 Å². The molecule has 2 aromatic rings. The van der Waals surface area contributed by atoms with Gasteiger partial charge < -0.3 is 28.7 Å². The van der Waals surface area contributed by atoms with Gasteiger partial charge in [-0.05, 0) is 45.4 Å². The summed E-state index contributed by atoms with van der Waals surface area (Å²) in [6, 6.07) is 0. The van der Waals surface area contributed by atoms with Crippen LogP contribution in [0.15, 0.2) is 9.05 Å². The molecule has 0 aliphatic heterocycles. The summed E-state index contributed by atoms with van der Waals surface area (Å²) in [5.74, 6) is 1.62. The van der Waals surface area contributed by atoms with Crippen LogP contribution in [0.1, 0.15) is 185 Å². The Morgan fingerprint density at radius 3 is 1.50 bits per heavy atom. The van der Waals surface area contributed by atoms with E-state index in [1.54, 1.807) is 14.1 Å². The van der Waals surface area contributed by atoms with E-state index in [1.807, 2.05) is 20.8 Å². The number of aliphatic carboxylic acids is 1. The number of esters is 1. The molecule has 2 saturated carbocycles. The number of carbonyl (C=O) groups is 4. The summed E-state index contributed by atoms with van der Waals surface area (Å²) in [4.78, 5) is 58.1. The van der Waals surface area contributed by atoms with Crippen molar-refractivity contribution in [2.24, 2.45) is 11.8 Å². The van der Waals surface area contributed by atoms with Crippen molar-refractivity contribution in [2.45, 2.75) is 181 Å². The smallest absolute Gasteiger partial charge is 0.307 e. The highest BCUT2D eigenvalue weighted by Gasteiger charge is 2.27. The maximum Gasteiger partial charge on any atom is 0.307 e. The zero-order valence-corrected chi connectivity index (χ0v) is 33.9. The van der Waals surface area contributed by atoms with Crippen molar-refractivity contribution in [3.8, 4) is 0 Å². The number of carboxylic acids is 1. The number of carbonyl (C=O) groups excluding carboxylic acids is 3. The molecule has 0 radical (unpaired) electrons. The van der Waals surface area contributed by atoms with Gasteiger partial charge in [0.05, 0.1) is 25.9 Å². The minimum Gasteiger partial charge on any atom is -0.481 e. The largest absolute Gasteiger partial charge is 0.481 e. The summed E-state index contributed by atoms with van der Waals surface area (Å²) in [5.41, 5.74) is -0.520. The number of hydrogen-bond donors (Lipinski definition) is 1. The van der Waals surface area contributed by atoms with E-state index in [4.69, 9.17) is 13.8 Å². The van der Waals surface area contributed by atoms with Gasteiger partial charge in [-0.2, -0.15) is 9.97 Å². The lowest BCUT2D eigenvalue weighted by Crippen LogP contribution is -2.25. The second-order valence-corrected chi connectivity index (χ2v) is 16.5. The molecule has 2 fully saturated rings. The predicted molar refractivity (Wildman–Crippen MR) is 202 cm³/mol. The quantitative estimate of drug-likeness (QED) is 0.145. The first-order valence-corrected chi connectivity index (χ1v) is 20.1. The molecule has 304 valence electrons. The fraction of sp³-hybridized carbons (Fsp3) is 0.800. The third-order valence-electron chi connectivity index (χ3n) is 10.5. The van der Waals surface area contributed by atoms with Crippen LogP contribution in [0, 0.1) is 11.8 Å². The van der Waals surface area contributed by atoms with E-state index in [0.29, 0.717) is 30.0 Å². The van der Waals surface area contributed by atoms with Gasteiger partial charge in [0.2, 0.25) is 23.6 Å². The molecule has 0 bridgehead atoms. The average Bonchev–Trinajstić information content (AvgIpc) is 3.77. The van der Waals surface area contributed by atoms with Crippen molar-refractivity contribution in [1.29, 1.82) is 0 Å². The average molecular weight is 759 g/mol. The van der Waals surface area contributed by atoms with Gasteiger partial charge in [-0.25, -0.2) is 0 Å². The minimum absolute atomic E-state index is 0.00511. The molecule has 14 heteroatoms. The first-order chi connectivity index (χ1) is 25.6. The molecule has 0 aromatic carbocycles. The van der Waals surface area contributed by atoms with Crippen molar-refractivity contribution in [1.82, 2.24) is 30.1 Å². The Hall–Kier alpha value is -3.84. The molecule has 2 amide bonds. The SMILES string of the molecule is CC(=O)N(C)Cc1noc([C@H](CCCC2CCCCC2)CC(=O)O)n1.CC(=O)N(C)Cc1noc([C@H](CCCC2CCCCC2)CC(=O)OC(C)(C)C)n1. The highest BCUT2D eigenvalue weighted by Crippen LogP contribution is 2.33. The number of carboxylic acid groups (broad SMARTS) is 1. The summed E-state index contributed by atoms with van der Waals surface area (Å²) in [6.07, 6.45) is 19.4. The van der Waals surface area contributed by atoms with Gasteiger partial charge in [0, 0.05) is 39.8 Å². The molecule has 2 aromatic heterocycles. The van der Waals surface area contributed by atoms with E-state index in [1.165, 1.54) is 94.3 Å². The summed E-state index contributed by atoms with van der Waals surface area (Å²) >= 11 is 0. The number of ether oxygens (including phenoxy) is 1. The molecule has 2 atom stereocenters. The Bertz CT molecular complexity index is 1440. The first kappa shape index (κ1) is 44.6. The van der Waals surface area contributed by atoms with Crippen molar-refractivity contribution in [3.63, 3.8) is 0 Å². The highest BCUT2D eigenvalue weighted by atomic mass is 16.6. The maximum absolute atomic E-state index is 12.4. The van der Waals surface area contributed by atoms with Crippen LogP contribution in [0.3, 0.4) is 0 Å². The second-order valence-electron chi connectivity index (χ2n) is 16.5. The van der Waals surface area contributed by atoms with Gasteiger partial charge in [-0.1, -0.05) is 100 Å². The fourth-order valence-corrected chi connectivity index (χ4v) is 7.32. The van der Waals surface area contributed by atoms with Crippen molar-refractivity contribution >= 4 is 23.8 Å². The Labute approximate surface area is 321 Å². The van der Waals surface area contributed by atoms with Gasteiger partial charge in [0.15, 0.2) is 11.6 Å². The van der Waals surface area contributed by atoms with Crippen molar-refractivity contribution in [3.05, 3.63) is 23.4 Å². The van der Waals surface area contributed by atoms with Crippen LogP contribution in [-0.4, -0.2) is 78.6 Å². The lowest BCUT2D eigenvalue weighted by Gasteiger charge is -2.23. The van der Waals surface area contributed by atoms with E-state index in [2.05, 4.69) is 20.3 Å². The van der Waals surface area contributed by atoms with Crippen LogP contribution in [0.4, 0.5) is 0 Å². The molecule has 2 aliphatic carbocycles. The summed E-state index contributed by atoms with van der Waals surface area (Å²) in [5, 5.41) is 17.1. The zero-order chi connectivity index (χ0) is 39.7. The molecule has 0 unspecified atom stereocenters. The van der Waals surface area contributed by atoms with Gasteiger partial charge in [0.25, 0.3) is 0 Å². The van der Waals surface area contributed by atoms with Crippen LogP contribution in [0.25, 0.3) is 0 Å². The maximum atomic E-state index is 12.4. The topological polar surface area (TPSA) is 182 Å². The molecule has 54 heavy (non-hydrogen) atoms. The Morgan fingerprint density at radius 1 is 0.722 bits per heavy atom. The van der Waals surface area contributed by atoms with Gasteiger partial charge in [0.1, 0.15) is 5.60 Å². The summed E-state index contributed by atoms with van der Waals surface area (Å²) in [6.45, 7) is 9.12. The lowest BCUT2D eigenvalue weighted by molar-refractivity contribution is -0.155. The third-order valence-corrected chi connectivity index (χ3v) is 10.5. The fourth-order valence-electron chi connectivity index (χ4n) is 7.32. The Balaban J connectivity index is 0.000000294. The van der Waals surface area contributed by atoms with E-state index in [9.17, 15) is 24.3 Å². The van der Waals surface area contributed by atoms with E-state index in [0.717, 1.165) is 43.9 Å². The molecule has 0 saturated heterocycles. The predicted octanol–water partition coefficient (Wildman–Crippen LogP) is 7.97. The van der Waals surface area contributed by atoms with Gasteiger partial charge in [-0.15, -0.1) is 0 Å². The molecule has 14 nitrogen and oxygen atoms in total.